The number of carbonyl (C=O) groups is 2. The number of rotatable bonds is 8. The summed E-state index contributed by atoms with van der Waals surface area (Å²) in [4.78, 5) is 30.5. The van der Waals surface area contributed by atoms with Crippen LogP contribution in [0.15, 0.2) is 36.2 Å². The van der Waals surface area contributed by atoms with Gasteiger partial charge in [-0.3, -0.25) is 9.78 Å². The van der Waals surface area contributed by atoms with Crippen molar-refractivity contribution in [3.05, 3.63) is 41.7 Å². The van der Waals surface area contributed by atoms with Gasteiger partial charge < -0.3 is 15.5 Å². The van der Waals surface area contributed by atoms with E-state index in [9.17, 15) is 9.59 Å². The summed E-state index contributed by atoms with van der Waals surface area (Å²) in [6.45, 7) is 10.3. The van der Waals surface area contributed by atoms with Crippen LogP contribution in [-0.4, -0.2) is 42.0 Å². The first-order valence-corrected chi connectivity index (χ1v) is 10.6. The molecule has 6 nitrogen and oxygen atoms in total. The van der Waals surface area contributed by atoms with Crippen molar-refractivity contribution >= 4 is 11.9 Å². The second-order valence-corrected chi connectivity index (χ2v) is 8.47. The van der Waals surface area contributed by atoms with Gasteiger partial charge in [-0.25, -0.2) is 4.79 Å². The molecule has 29 heavy (non-hydrogen) atoms. The lowest BCUT2D eigenvalue weighted by Gasteiger charge is -2.37. The lowest BCUT2D eigenvalue weighted by Crippen LogP contribution is -2.41. The molecule has 0 saturated heterocycles. The maximum absolute atomic E-state index is 12.8. The Kier molecular flexibility index (Phi) is 8.68. The maximum atomic E-state index is 12.8. The molecule has 0 unspecified atom stereocenters. The fraction of sp³-hybridized carbons (Fsp3) is 0.609. The van der Waals surface area contributed by atoms with Gasteiger partial charge in [-0.05, 0) is 55.6 Å². The summed E-state index contributed by atoms with van der Waals surface area (Å²) in [6.07, 6.45) is 7.33. The molecule has 0 aliphatic heterocycles. The van der Waals surface area contributed by atoms with E-state index in [1.165, 1.54) is 5.57 Å². The van der Waals surface area contributed by atoms with Crippen molar-refractivity contribution in [2.24, 2.45) is 23.7 Å². The van der Waals surface area contributed by atoms with Crippen LogP contribution < -0.4 is 10.6 Å². The SMILES string of the molecule is CCNC(=O)NC[C@H]1C=C(C)[C@H](CC(=O)N(C)Cc2cccnc2)C[C@H]1C(C)C. The van der Waals surface area contributed by atoms with Gasteiger partial charge >= 0.3 is 6.03 Å². The Morgan fingerprint density at radius 1 is 1.31 bits per heavy atom. The van der Waals surface area contributed by atoms with E-state index in [1.807, 2.05) is 26.1 Å². The minimum absolute atomic E-state index is 0.115. The van der Waals surface area contributed by atoms with Crippen LogP contribution in [0, 0.1) is 23.7 Å². The number of allylic oxidation sites excluding steroid dienone is 1. The molecule has 1 aliphatic rings. The van der Waals surface area contributed by atoms with Gasteiger partial charge in [0.25, 0.3) is 0 Å². The standard InChI is InChI=1S/C23H36N4O2/c1-6-25-23(29)26-14-20-10-17(4)19(11-21(20)16(2)3)12-22(28)27(5)15-18-8-7-9-24-13-18/h7-10,13,16,19-21H,6,11-12,14-15H2,1-5H3,(H2,25,26,29)/t19-,20+,21-/m0/s1. The Balaban J connectivity index is 1.99. The van der Waals surface area contributed by atoms with E-state index in [1.54, 1.807) is 17.3 Å². The average Bonchev–Trinajstić information content (AvgIpc) is 2.68. The second kappa shape index (κ2) is 11.0. The van der Waals surface area contributed by atoms with Gasteiger partial charge in [-0.2, -0.15) is 0 Å². The van der Waals surface area contributed by atoms with E-state index in [0.29, 0.717) is 43.8 Å². The predicted molar refractivity (Wildman–Crippen MR) is 116 cm³/mol. The number of hydrogen-bond donors (Lipinski definition) is 2. The molecule has 1 heterocycles. The third kappa shape index (κ3) is 6.87. The summed E-state index contributed by atoms with van der Waals surface area (Å²) < 4.78 is 0. The van der Waals surface area contributed by atoms with Gasteiger partial charge in [-0.1, -0.05) is 31.6 Å². The van der Waals surface area contributed by atoms with Crippen LogP contribution in [0.25, 0.3) is 0 Å². The van der Waals surface area contributed by atoms with E-state index < -0.39 is 0 Å². The Morgan fingerprint density at radius 2 is 2.07 bits per heavy atom. The minimum Gasteiger partial charge on any atom is -0.341 e. The normalized spacial score (nSPS) is 21.4. The highest BCUT2D eigenvalue weighted by Gasteiger charge is 2.33. The Labute approximate surface area is 175 Å². The number of aromatic nitrogens is 1. The van der Waals surface area contributed by atoms with Crippen molar-refractivity contribution < 1.29 is 9.59 Å². The molecule has 1 aromatic heterocycles. The molecule has 1 aliphatic carbocycles. The first-order valence-electron chi connectivity index (χ1n) is 10.6. The van der Waals surface area contributed by atoms with Gasteiger partial charge in [0.1, 0.15) is 0 Å². The quantitative estimate of drug-likeness (QED) is 0.655. The van der Waals surface area contributed by atoms with E-state index >= 15 is 0 Å². The molecule has 3 atom stereocenters. The molecule has 3 amide bonds. The summed E-state index contributed by atoms with van der Waals surface area (Å²) >= 11 is 0. The van der Waals surface area contributed by atoms with Crippen molar-refractivity contribution in [1.82, 2.24) is 20.5 Å². The highest BCUT2D eigenvalue weighted by atomic mass is 16.2. The van der Waals surface area contributed by atoms with Crippen molar-refractivity contribution in [2.75, 3.05) is 20.1 Å². The summed E-state index contributed by atoms with van der Waals surface area (Å²) in [5, 5.41) is 5.77. The molecule has 0 saturated carbocycles. The fourth-order valence-electron chi connectivity index (χ4n) is 4.16. The van der Waals surface area contributed by atoms with Crippen LogP contribution in [0.2, 0.25) is 0 Å². The average molecular weight is 401 g/mol. The number of urea groups is 1. The smallest absolute Gasteiger partial charge is 0.314 e. The van der Waals surface area contributed by atoms with Crippen LogP contribution >= 0.6 is 0 Å². The van der Waals surface area contributed by atoms with E-state index in [4.69, 9.17) is 0 Å². The zero-order chi connectivity index (χ0) is 21.4. The fourth-order valence-corrected chi connectivity index (χ4v) is 4.16. The summed E-state index contributed by atoms with van der Waals surface area (Å²) in [5.74, 6) is 1.66. The lowest BCUT2D eigenvalue weighted by atomic mass is 9.69. The number of hydrogen-bond acceptors (Lipinski definition) is 3. The van der Waals surface area contributed by atoms with Crippen molar-refractivity contribution in [3.63, 3.8) is 0 Å². The molecule has 1 aromatic rings. The molecular formula is C23H36N4O2. The highest BCUT2D eigenvalue weighted by molar-refractivity contribution is 5.76. The van der Waals surface area contributed by atoms with E-state index in [-0.39, 0.29) is 17.9 Å². The second-order valence-electron chi connectivity index (χ2n) is 8.47. The van der Waals surface area contributed by atoms with Crippen LogP contribution in [0.5, 0.6) is 0 Å². The monoisotopic (exact) mass is 400 g/mol. The molecule has 0 bridgehead atoms. The topological polar surface area (TPSA) is 74.3 Å². The summed E-state index contributed by atoms with van der Waals surface area (Å²) in [5.41, 5.74) is 2.29. The van der Waals surface area contributed by atoms with Crippen molar-refractivity contribution in [2.45, 2.75) is 47.1 Å². The molecular weight excluding hydrogens is 364 g/mol. The van der Waals surface area contributed by atoms with Crippen LogP contribution in [-0.2, 0) is 11.3 Å². The van der Waals surface area contributed by atoms with Gasteiger partial charge in [0, 0.05) is 45.5 Å². The van der Waals surface area contributed by atoms with Crippen LogP contribution in [0.3, 0.4) is 0 Å². The van der Waals surface area contributed by atoms with Crippen molar-refractivity contribution in [1.29, 1.82) is 0 Å². The number of pyridine rings is 1. The molecule has 0 fully saturated rings. The summed E-state index contributed by atoms with van der Waals surface area (Å²) in [7, 11) is 1.86. The minimum atomic E-state index is -0.115. The van der Waals surface area contributed by atoms with E-state index in [0.717, 1.165) is 12.0 Å². The third-order valence-corrected chi connectivity index (χ3v) is 5.91. The Bertz CT molecular complexity index is 702. The number of amides is 3. The first kappa shape index (κ1) is 22.9. The van der Waals surface area contributed by atoms with Crippen LogP contribution in [0.4, 0.5) is 4.79 Å². The number of nitrogens with zero attached hydrogens (tertiary/aromatic N) is 2. The van der Waals surface area contributed by atoms with Gasteiger partial charge in [0.2, 0.25) is 5.91 Å². The van der Waals surface area contributed by atoms with Gasteiger partial charge in [-0.15, -0.1) is 0 Å². The molecule has 0 aromatic carbocycles. The highest BCUT2D eigenvalue weighted by Crippen LogP contribution is 2.39. The third-order valence-electron chi connectivity index (χ3n) is 5.91. The molecule has 0 radical (unpaired) electrons. The van der Waals surface area contributed by atoms with Crippen LogP contribution in [0.1, 0.15) is 46.1 Å². The first-order chi connectivity index (χ1) is 13.8. The molecule has 2 N–H and O–H groups in total. The number of carbonyl (C=O) groups excluding carboxylic acids is 2. The molecule has 6 heteroatoms. The Hall–Kier alpha value is -2.37. The molecule has 0 spiro atoms. The number of nitrogens with one attached hydrogen (secondary N) is 2. The van der Waals surface area contributed by atoms with Gasteiger partial charge in [0.05, 0.1) is 0 Å². The zero-order valence-electron chi connectivity index (χ0n) is 18.4. The molecule has 2 rings (SSSR count). The Morgan fingerprint density at radius 3 is 2.69 bits per heavy atom. The van der Waals surface area contributed by atoms with E-state index in [2.05, 4.69) is 42.5 Å². The van der Waals surface area contributed by atoms with Crippen molar-refractivity contribution in [3.8, 4) is 0 Å². The predicted octanol–water partition coefficient (Wildman–Crippen LogP) is 3.60. The molecule has 160 valence electrons. The summed E-state index contributed by atoms with van der Waals surface area (Å²) in [6, 6.07) is 3.77. The zero-order valence-corrected chi connectivity index (χ0v) is 18.4. The lowest BCUT2D eigenvalue weighted by molar-refractivity contribution is -0.131. The largest absolute Gasteiger partial charge is 0.341 e. The maximum Gasteiger partial charge on any atom is 0.314 e. The van der Waals surface area contributed by atoms with Gasteiger partial charge in [0.15, 0.2) is 0 Å².